The number of nitrogens with two attached hydrogens (primary N) is 1. The van der Waals surface area contributed by atoms with Crippen molar-refractivity contribution in [1.29, 1.82) is 0 Å². The zero-order valence-electron chi connectivity index (χ0n) is 24.7. The molecule has 6 N–H and O–H groups in total. The Bertz CT molecular complexity index is 2340. The van der Waals surface area contributed by atoms with Gasteiger partial charge in [0.2, 0.25) is 0 Å². The number of fused-ring (bicyclic) bond motifs is 2. The van der Waals surface area contributed by atoms with E-state index in [1.54, 1.807) is 0 Å². The molecule has 0 radical (unpaired) electrons. The zero-order chi connectivity index (χ0) is 30.9. The van der Waals surface area contributed by atoms with Crippen molar-refractivity contribution in [2.75, 3.05) is 16.4 Å². The molecule has 9 nitrogen and oxygen atoms in total. The molecule has 4 aromatic carbocycles. The topological polar surface area (TPSA) is 133 Å². The van der Waals surface area contributed by atoms with E-state index in [1.807, 2.05) is 49.2 Å². The summed E-state index contributed by atoms with van der Waals surface area (Å²) in [6.45, 7) is 0.638. The number of hydrogen-bond acceptors (Lipinski definition) is 7. The molecule has 0 fully saturated rings. The van der Waals surface area contributed by atoms with Crippen molar-refractivity contribution in [2.45, 2.75) is 6.54 Å². The van der Waals surface area contributed by atoms with Crippen LogP contribution in [0.1, 0.15) is 5.56 Å². The summed E-state index contributed by atoms with van der Waals surface area (Å²) < 4.78 is 0. The van der Waals surface area contributed by atoms with E-state index >= 15 is 0 Å². The standard InChI is InChI=1S/C37H29N9/c38-37-34-16-27(8-10-36(34)45-46-37)28-11-23(17-39-19-28)18-41-31-5-1-3-24(13-31)25-4-2-6-32(14-25)43-33-15-29(20-40-22-33)26-7-9-35-30(12-26)21-42-44-35/h1-17,19-22,41,43H,18H2,(H,42,44)(H3,38,45,46). The molecule has 0 unspecified atom stereocenters. The minimum Gasteiger partial charge on any atom is -0.382 e. The van der Waals surface area contributed by atoms with Gasteiger partial charge in [0.1, 0.15) is 0 Å². The van der Waals surface area contributed by atoms with E-state index in [0.717, 1.165) is 77.8 Å². The maximum absolute atomic E-state index is 6.02. The minimum atomic E-state index is 0.495. The van der Waals surface area contributed by atoms with E-state index in [0.29, 0.717) is 12.4 Å². The second-order valence-electron chi connectivity index (χ2n) is 11.2. The number of pyridine rings is 2. The highest BCUT2D eigenvalue weighted by Crippen LogP contribution is 2.30. The molecular formula is C37H29N9. The van der Waals surface area contributed by atoms with Gasteiger partial charge in [0.25, 0.3) is 0 Å². The molecule has 0 atom stereocenters. The summed E-state index contributed by atoms with van der Waals surface area (Å²) in [5.41, 5.74) is 18.4. The van der Waals surface area contributed by atoms with Crippen LogP contribution >= 0.6 is 0 Å². The lowest BCUT2D eigenvalue weighted by Gasteiger charge is -2.12. The molecule has 9 heteroatoms. The van der Waals surface area contributed by atoms with E-state index < -0.39 is 0 Å². The van der Waals surface area contributed by atoms with Gasteiger partial charge in [0, 0.05) is 58.4 Å². The van der Waals surface area contributed by atoms with Gasteiger partial charge >= 0.3 is 0 Å². The Balaban J connectivity index is 0.970. The quantitative estimate of drug-likeness (QED) is 0.119. The molecule has 4 heterocycles. The smallest absolute Gasteiger partial charge is 0.153 e. The Kier molecular flexibility index (Phi) is 6.80. The Hall–Kier alpha value is -6.48. The van der Waals surface area contributed by atoms with Crippen LogP contribution in [0.2, 0.25) is 0 Å². The second kappa shape index (κ2) is 11.5. The highest BCUT2D eigenvalue weighted by molar-refractivity contribution is 5.92. The van der Waals surface area contributed by atoms with Crippen molar-refractivity contribution >= 4 is 44.7 Å². The van der Waals surface area contributed by atoms with Crippen molar-refractivity contribution in [3.63, 3.8) is 0 Å². The first-order chi connectivity index (χ1) is 22.6. The number of nitrogen functional groups attached to an aromatic ring is 1. The SMILES string of the molecule is Nc1n[nH]c2ccc(-c3cncc(CNc4cccc(-c5cccc(Nc6cncc(-c7ccc8[nH]ncc8c7)c6)c5)c4)c3)cc12. The van der Waals surface area contributed by atoms with Crippen LogP contribution < -0.4 is 16.4 Å². The van der Waals surface area contributed by atoms with Crippen molar-refractivity contribution in [3.8, 4) is 33.4 Å². The van der Waals surface area contributed by atoms with Gasteiger partial charge in [0.05, 0.1) is 29.1 Å². The number of aromatic nitrogens is 6. The van der Waals surface area contributed by atoms with Gasteiger partial charge in [0.15, 0.2) is 5.82 Å². The summed E-state index contributed by atoms with van der Waals surface area (Å²) in [4.78, 5) is 8.99. The molecule has 0 spiro atoms. The number of anilines is 4. The summed E-state index contributed by atoms with van der Waals surface area (Å²) in [7, 11) is 0. The van der Waals surface area contributed by atoms with Crippen LogP contribution in [0.3, 0.4) is 0 Å². The molecule has 0 bridgehead atoms. The number of rotatable bonds is 8. The maximum Gasteiger partial charge on any atom is 0.153 e. The van der Waals surface area contributed by atoms with Gasteiger partial charge in [-0.1, -0.05) is 36.4 Å². The fourth-order valence-corrected chi connectivity index (χ4v) is 5.70. The molecule has 4 aromatic heterocycles. The Labute approximate surface area is 264 Å². The van der Waals surface area contributed by atoms with E-state index in [9.17, 15) is 0 Å². The van der Waals surface area contributed by atoms with Crippen LogP contribution in [0.15, 0.2) is 128 Å². The first-order valence-corrected chi connectivity index (χ1v) is 14.9. The first-order valence-electron chi connectivity index (χ1n) is 14.9. The lowest BCUT2D eigenvalue weighted by molar-refractivity contribution is 1.11. The third-order valence-corrected chi connectivity index (χ3v) is 8.08. The highest BCUT2D eigenvalue weighted by atomic mass is 15.1. The van der Waals surface area contributed by atoms with E-state index in [-0.39, 0.29) is 0 Å². The molecule has 0 aliphatic rings. The van der Waals surface area contributed by atoms with E-state index in [1.165, 1.54) is 0 Å². The van der Waals surface area contributed by atoms with Crippen molar-refractivity contribution < 1.29 is 0 Å². The largest absolute Gasteiger partial charge is 0.382 e. The lowest BCUT2D eigenvalue weighted by Crippen LogP contribution is -2.00. The van der Waals surface area contributed by atoms with Crippen LogP contribution in [-0.4, -0.2) is 30.4 Å². The average molecular weight is 600 g/mol. The third-order valence-electron chi connectivity index (χ3n) is 8.08. The van der Waals surface area contributed by atoms with Crippen molar-refractivity contribution in [3.05, 3.63) is 134 Å². The first kappa shape index (κ1) is 27.1. The maximum atomic E-state index is 6.02. The molecule has 0 aliphatic carbocycles. The van der Waals surface area contributed by atoms with E-state index in [4.69, 9.17) is 5.73 Å². The van der Waals surface area contributed by atoms with Gasteiger partial charge in [-0.3, -0.25) is 20.2 Å². The summed E-state index contributed by atoms with van der Waals surface area (Å²) in [5.74, 6) is 0.495. The zero-order valence-corrected chi connectivity index (χ0v) is 24.7. The highest BCUT2D eigenvalue weighted by Gasteiger charge is 2.08. The van der Waals surface area contributed by atoms with Gasteiger partial charge in [-0.05, 0) is 88.5 Å². The van der Waals surface area contributed by atoms with Crippen molar-refractivity contribution in [1.82, 2.24) is 30.4 Å². The number of H-pyrrole nitrogens is 2. The molecule has 8 rings (SSSR count). The fourth-order valence-electron chi connectivity index (χ4n) is 5.70. The predicted molar refractivity (Wildman–Crippen MR) is 186 cm³/mol. The van der Waals surface area contributed by atoms with Gasteiger partial charge in [-0.15, -0.1) is 0 Å². The van der Waals surface area contributed by atoms with Crippen LogP contribution in [-0.2, 0) is 6.54 Å². The lowest BCUT2D eigenvalue weighted by atomic mass is 10.0. The second-order valence-corrected chi connectivity index (χ2v) is 11.2. The Morgan fingerprint density at radius 2 is 1.26 bits per heavy atom. The summed E-state index contributed by atoms with van der Waals surface area (Å²) >= 11 is 0. The predicted octanol–water partition coefficient (Wildman–Crippen LogP) is 8.17. The summed E-state index contributed by atoms with van der Waals surface area (Å²) in [5, 5.41) is 23.3. The van der Waals surface area contributed by atoms with Crippen LogP contribution in [0, 0.1) is 0 Å². The molecule has 0 saturated carbocycles. The molecule has 0 saturated heterocycles. The number of aromatic amines is 2. The van der Waals surface area contributed by atoms with Crippen LogP contribution in [0.25, 0.3) is 55.2 Å². The molecule has 0 amide bonds. The molecule has 222 valence electrons. The number of nitrogens with one attached hydrogen (secondary N) is 4. The number of nitrogens with zero attached hydrogens (tertiary/aromatic N) is 4. The summed E-state index contributed by atoms with van der Waals surface area (Å²) in [6.07, 6.45) is 9.31. The number of hydrogen-bond donors (Lipinski definition) is 5. The summed E-state index contributed by atoms with van der Waals surface area (Å²) in [6, 6.07) is 33.4. The Morgan fingerprint density at radius 3 is 2.13 bits per heavy atom. The van der Waals surface area contributed by atoms with E-state index in [2.05, 4.69) is 120 Å². The molecular weight excluding hydrogens is 570 g/mol. The van der Waals surface area contributed by atoms with Gasteiger partial charge in [-0.2, -0.15) is 10.2 Å². The van der Waals surface area contributed by atoms with Crippen molar-refractivity contribution in [2.24, 2.45) is 0 Å². The average Bonchev–Trinajstić information content (AvgIpc) is 3.73. The Morgan fingerprint density at radius 1 is 0.565 bits per heavy atom. The van der Waals surface area contributed by atoms with Gasteiger partial charge < -0.3 is 16.4 Å². The number of benzene rings is 4. The van der Waals surface area contributed by atoms with Gasteiger partial charge in [-0.25, -0.2) is 0 Å². The fraction of sp³-hybridized carbons (Fsp3) is 0.0270. The monoisotopic (exact) mass is 599 g/mol. The molecule has 0 aliphatic heterocycles. The van der Waals surface area contributed by atoms with Crippen LogP contribution in [0.5, 0.6) is 0 Å². The minimum absolute atomic E-state index is 0.495. The molecule has 46 heavy (non-hydrogen) atoms. The third kappa shape index (κ3) is 5.48. The normalized spacial score (nSPS) is 11.2. The molecule has 8 aromatic rings. The van der Waals surface area contributed by atoms with Crippen LogP contribution in [0.4, 0.5) is 22.9 Å².